The number of amides is 7. The molecule has 0 heterocycles. The van der Waals surface area contributed by atoms with Gasteiger partial charge in [-0.05, 0) is 11.8 Å². The molecule has 7 amide bonds. The fourth-order valence-electron chi connectivity index (χ4n) is 4.96. The minimum absolute atomic E-state index is 0.0356. The molecule has 0 aliphatic rings. The predicted octanol–water partition coefficient (Wildman–Crippen LogP) is -8.77. The number of carbonyl (C=O) groups is 8. The maximum Gasteiger partial charge on any atom is 0.407 e. The van der Waals surface area contributed by atoms with Crippen molar-refractivity contribution in [2.24, 2.45) is 5.41 Å². The van der Waals surface area contributed by atoms with Crippen LogP contribution in [-0.2, 0) is 43.0 Å². The first-order chi connectivity index (χ1) is 29.9. The molecule has 10 atom stereocenters. The van der Waals surface area contributed by atoms with Crippen molar-refractivity contribution >= 4 is 47.3 Å². The molecule has 0 aromatic rings. The first-order valence-corrected chi connectivity index (χ1v) is 20.2. The van der Waals surface area contributed by atoms with Gasteiger partial charge in [0.05, 0.1) is 39.1 Å². The summed E-state index contributed by atoms with van der Waals surface area (Å²) in [5.41, 5.74) is -0.0985. The molecule has 64 heavy (non-hydrogen) atoms. The minimum Gasteiger partial charge on any atom is -0.447 e. The van der Waals surface area contributed by atoms with Crippen LogP contribution >= 0.6 is 0 Å². The standard InChI is InChI=1S/C37H67N7O20/c1-37(2,3)18-63-12-9-27(53)39-10-8-26(52)41-14-28(54)43-20(17-64-36(62)40-11-7-25(51)38-4)35(61)44-19(5-6-21(47)29(55)33(59)32(58)24(50)16-46)34(60)42-13-22(48)30(56)31(57)23(49)15-45/h19-20,22-24,29-33,45-46,48-50,55-59H,5-18H2,1-4H3,(H,38,51)(H,39,53)(H,40,62)(H,41,52)(H,42,60)(H,43,54)(H,44,61)/t19?,20?,22-,23+,24+,29-,30+,31+,32+,33+/m0/s1. The first kappa shape index (κ1) is 59.3. The van der Waals surface area contributed by atoms with Crippen LogP contribution in [0.15, 0.2) is 0 Å². The lowest BCUT2D eigenvalue weighted by atomic mass is 9.96. The van der Waals surface area contributed by atoms with Crippen LogP contribution in [-0.4, -0.2) is 226 Å². The highest BCUT2D eigenvalue weighted by molar-refractivity contribution is 5.94. The van der Waals surface area contributed by atoms with Crippen molar-refractivity contribution in [3.8, 4) is 0 Å². The normalized spacial score (nSPS) is 16.2. The molecule has 0 saturated carbocycles. The number of Topliss-reactive ketones (excluding diaryl/α,β-unsaturated/α-hetero) is 1. The summed E-state index contributed by atoms with van der Waals surface area (Å²) in [6.45, 7) is 1.44. The Morgan fingerprint density at radius 2 is 1.12 bits per heavy atom. The van der Waals surface area contributed by atoms with Gasteiger partial charge in [-0.3, -0.25) is 33.6 Å². The van der Waals surface area contributed by atoms with Gasteiger partial charge in [-0.2, -0.15) is 0 Å². The molecule has 0 rings (SSSR count). The summed E-state index contributed by atoms with van der Waals surface area (Å²) in [6, 6.07) is -3.74. The second-order valence-electron chi connectivity index (χ2n) is 15.6. The van der Waals surface area contributed by atoms with Crippen LogP contribution in [0.25, 0.3) is 0 Å². The molecule has 370 valence electrons. The Bertz CT molecular complexity index is 1490. The highest BCUT2D eigenvalue weighted by Crippen LogP contribution is 2.13. The zero-order valence-corrected chi connectivity index (χ0v) is 36.2. The van der Waals surface area contributed by atoms with E-state index >= 15 is 0 Å². The van der Waals surface area contributed by atoms with E-state index in [-0.39, 0.29) is 44.4 Å². The van der Waals surface area contributed by atoms with Gasteiger partial charge in [0.2, 0.25) is 35.4 Å². The van der Waals surface area contributed by atoms with Gasteiger partial charge in [-0.15, -0.1) is 0 Å². The lowest BCUT2D eigenvalue weighted by Crippen LogP contribution is -2.57. The van der Waals surface area contributed by atoms with Crippen LogP contribution in [0, 0.1) is 5.41 Å². The average Bonchev–Trinajstić information content (AvgIpc) is 3.26. The van der Waals surface area contributed by atoms with E-state index in [1.165, 1.54) is 7.05 Å². The largest absolute Gasteiger partial charge is 0.447 e. The van der Waals surface area contributed by atoms with Crippen LogP contribution < -0.4 is 37.2 Å². The molecule has 0 aromatic carbocycles. The van der Waals surface area contributed by atoms with E-state index in [0.717, 1.165) is 0 Å². The summed E-state index contributed by atoms with van der Waals surface area (Å²) >= 11 is 0. The summed E-state index contributed by atoms with van der Waals surface area (Å²) in [7, 11) is 1.35. The Morgan fingerprint density at radius 3 is 1.70 bits per heavy atom. The molecule has 0 aromatic heterocycles. The Hall–Kier alpha value is -4.68. The molecule has 2 unspecified atom stereocenters. The van der Waals surface area contributed by atoms with E-state index in [1.54, 1.807) is 0 Å². The van der Waals surface area contributed by atoms with E-state index in [0.29, 0.717) is 6.61 Å². The maximum atomic E-state index is 13.6. The first-order valence-electron chi connectivity index (χ1n) is 20.2. The van der Waals surface area contributed by atoms with Gasteiger partial charge in [-0.1, -0.05) is 20.8 Å². The zero-order chi connectivity index (χ0) is 49.2. The summed E-state index contributed by atoms with van der Waals surface area (Å²) < 4.78 is 10.4. The van der Waals surface area contributed by atoms with E-state index < -0.39 is 154 Å². The second kappa shape index (κ2) is 31.2. The highest BCUT2D eigenvalue weighted by atomic mass is 16.5. The quantitative estimate of drug-likeness (QED) is 0.0279. The van der Waals surface area contributed by atoms with Gasteiger partial charge in [-0.25, -0.2) is 4.79 Å². The number of rotatable bonds is 32. The molecule has 0 radical (unpaired) electrons. The molecule has 27 nitrogen and oxygen atoms in total. The summed E-state index contributed by atoms with van der Waals surface area (Å²) in [6.07, 6.45) is -20.3. The monoisotopic (exact) mass is 929 g/mol. The van der Waals surface area contributed by atoms with Crippen LogP contribution in [0.2, 0.25) is 0 Å². The Balaban J connectivity index is 6.06. The number of ketones is 1. The van der Waals surface area contributed by atoms with Gasteiger partial charge in [0.25, 0.3) is 0 Å². The number of ether oxygens (including phenoxy) is 2. The van der Waals surface area contributed by atoms with E-state index in [4.69, 9.17) is 19.7 Å². The fraction of sp³-hybridized carbons (Fsp3) is 0.784. The Morgan fingerprint density at radius 1 is 0.578 bits per heavy atom. The summed E-state index contributed by atoms with van der Waals surface area (Å²) in [4.78, 5) is 101. The van der Waals surface area contributed by atoms with Crippen molar-refractivity contribution in [2.45, 2.75) is 114 Å². The van der Waals surface area contributed by atoms with Gasteiger partial charge < -0.3 is 97.8 Å². The Labute approximate surface area is 368 Å². The van der Waals surface area contributed by atoms with Gasteiger partial charge >= 0.3 is 6.09 Å². The van der Waals surface area contributed by atoms with Gasteiger partial charge in [0.15, 0.2) is 5.78 Å². The van der Waals surface area contributed by atoms with Crippen LogP contribution in [0.3, 0.4) is 0 Å². The lowest BCUT2D eigenvalue weighted by molar-refractivity contribution is -0.147. The number of aliphatic hydroxyl groups excluding tert-OH is 10. The van der Waals surface area contributed by atoms with Crippen molar-refractivity contribution in [2.75, 3.05) is 66.3 Å². The number of hydrogen-bond donors (Lipinski definition) is 17. The zero-order valence-electron chi connectivity index (χ0n) is 36.2. The topological polar surface area (TPSA) is 442 Å². The van der Waals surface area contributed by atoms with Crippen LogP contribution in [0.1, 0.15) is 52.9 Å². The third kappa shape index (κ3) is 25.0. The van der Waals surface area contributed by atoms with E-state index in [2.05, 4.69) is 37.2 Å². The smallest absolute Gasteiger partial charge is 0.407 e. The van der Waals surface area contributed by atoms with Gasteiger partial charge in [0.1, 0.15) is 61.4 Å². The number of hydrogen-bond acceptors (Lipinski definition) is 20. The number of carbonyl (C=O) groups excluding carboxylic acids is 8. The molecule has 0 aliphatic carbocycles. The van der Waals surface area contributed by atoms with Crippen molar-refractivity contribution in [1.82, 2.24) is 37.2 Å². The number of aliphatic hydroxyl groups is 10. The lowest BCUT2D eigenvalue weighted by Gasteiger charge is -2.27. The van der Waals surface area contributed by atoms with Crippen LogP contribution in [0.4, 0.5) is 4.79 Å². The van der Waals surface area contributed by atoms with Gasteiger partial charge in [0, 0.05) is 52.4 Å². The molecule has 27 heteroatoms. The van der Waals surface area contributed by atoms with Crippen molar-refractivity contribution < 1.29 is 98.9 Å². The van der Waals surface area contributed by atoms with Crippen molar-refractivity contribution in [3.05, 3.63) is 0 Å². The van der Waals surface area contributed by atoms with Crippen LogP contribution in [0.5, 0.6) is 0 Å². The van der Waals surface area contributed by atoms with Crippen molar-refractivity contribution in [1.29, 1.82) is 0 Å². The fourth-order valence-corrected chi connectivity index (χ4v) is 4.96. The van der Waals surface area contributed by atoms with E-state index in [9.17, 15) is 79.2 Å². The molecule has 0 saturated heterocycles. The molecule has 0 fully saturated rings. The summed E-state index contributed by atoms with van der Waals surface area (Å²) in [5.74, 6) is -6.37. The third-order valence-corrected chi connectivity index (χ3v) is 8.77. The predicted molar refractivity (Wildman–Crippen MR) is 217 cm³/mol. The molecular formula is C37H67N7O20. The van der Waals surface area contributed by atoms with Crippen molar-refractivity contribution in [3.63, 3.8) is 0 Å². The second-order valence-corrected chi connectivity index (χ2v) is 15.6. The molecule has 17 N–H and O–H groups in total. The number of alkyl carbamates (subject to hydrolysis) is 1. The minimum atomic E-state index is -2.40. The third-order valence-electron chi connectivity index (χ3n) is 8.77. The molecule has 0 bridgehead atoms. The number of nitrogens with one attached hydrogen (secondary N) is 7. The maximum absolute atomic E-state index is 13.6. The Kier molecular flexibility index (Phi) is 29.0. The molecule has 0 aliphatic heterocycles. The summed E-state index contributed by atoms with van der Waals surface area (Å²) in [5, 5.41) is 114. The SMILES string of the molecule is CNC(=O)CCNC(=O)OCC(NC(=O)CNC(=O)CCNC(=O)CCOCC(C)(C)C)C(=O)NC(CCC(=O)[C@H](O)[C@@H](O)[C@H](O)[C@H](O)CO)C(=O)NC[C@H](O)[C@@H](O)[C@H](O)[C@H](O)CO. The molecule has 0 spiro atoms. The molecular weight excluding hydrogens is 862 g/mol. The highest BCUT2D eigenvalue weighted by Gasteiger charge is 2.36. The van der Waals surface area contributed by atoms with E-state index in [1.807, 2.05) is 20.8 Å². The average molecular weight is 930 g/mol.